The van der Waals surface area contributed by atoms with Crippen LogP contribution in [0, 0.1) is 5.82 Å². The number of phenols is 1. The van der Waals surface area contributed by atoms with E-state index in [9.17, 15) is 14.3 Å². The van der Waals surface area contributed by atoms with E-state index in [4.69, 9.17) is 5.11 Å². The summed E-state index contributed by atoms with van der Waals surface area (Å²) in [4.78, 5) is 15.4. The van der Waals surface area contributed by atoms with Crippen molar-refractivity contribution in [3.63, 3.8) is 0 Å². The van der Waals surface area contributed by atoms with Gasteiger partial charge in [-0.3, -0.25) is 4.99 Å². The molecule has 0 aliphatic carbocycles. The summed E-state index contributed by atoms with van der Waals surface area (Å²) < 4.78 is 15.5. The molecule has 0 unspecified atom stereocenters. The van der Waals surface area contributed by atoms with E-state index in [1.807, 2.05) is 41.1 Å². The zero-order valence-corrected chi connectivity index (χ0v) is 15.3. The number of aromatic carboxylic acids is 1. The third kappa shape index (κ3) is 4.01. The Morgan fingerprint density at radius 3 is 2.72 bits per heavy atom. The smallest absolute Gasteiger partial charge is 0.339 e. The minimum atomic E-state index is -1.21. The molecular weight excluding hydrogens is 371 g/mol. The SMILES string of the molecule is O=C(O)c1cc(N=Cc2ccc3c(ccn3Cc3cccc(F)c3)c2)ccc1O. The van der Waals surface area contributed by atoms with Crippen molar-refractivity contribution in [1.29, 1.82) is 0 Å². The van der Waals surface area contributed by atoms with Gasteiger partial charge < -0.3 is 14.8 Å². The fourth-order valence-corrected chi connectivity index (χ4v) is 3.19. The lowest BCUT2D eigenvalue weighted by molar-refractivity contribution is 0.0693. The molecule has 0 amide bonds. The maximum Gasteiger partial charge on any atom is 0.339 e. The molecule has 0 radical (unpaired) electrons. The van der Waals surface area contributed by atoms with Crippen molar-refractivity contribution >= 4 is 28.8 Å². The second kappa shape index (κ2) is 7.59. The Hall–Kier alpha value is -3.93. The van der Waals surface area contributed by atoms with Crippen LogP contribution in [0.3, 0.4) is 0 Å². The van der Waals surface area contributed by atoms with Gasteiger partial charge in [-0.1, -0.05) is 18.2 Å². The number of hydrogen-bond donors (Lipinski definition) is 2. The molecule has 4 rings (SSSR count). The Labute approximate surface area is 166 Å². The van der Waals surface area contributed by atoms with Gasteiger partial charge in [0, 0.05) is 29.9 Å². The van der Waals surface area contributed by atoms with Crippen LogP contribution in [-0.4, -0.2) is 27.0 Å². The lowest BCUT2D eigenvalue weighted by Gasteiger charge is -2.06. The van der Waals surface area contributed by atoms with Crippen molar-refractivity contribution in [1.82, 2.24) is 4.57 Å². The lowest BCUT2D eigenvalue weighted by atomic mass is 10.1. The molecule has 5 nitrogen and oxygen atoms in total. The quantitative estimate of drug-likeness (QED) is 0.473. The summed E-state index contributed by atoms with van der Waals surface area (Å²) in [5.41, 5.74) is 3.00. The van der Waals surface area contributed by atoms with Gasteiger partial charge in [0.05, 0.1) is 5.69 Å². The molecule has 0 fully saturated rings. The zero-order valence-electron chi connectivity index (χ0n) is 15.3. The first-order valence-electron chi connectivity index (χ1n) is 8.93. The van der Waals surface area contributed by atoms with E-state index in [1.165, 1.54) is 24.3 Å². The van der Waals surface area contributed by atoms with Crippen LogP contribution in [0.4, 0.5) is 10.1 Å². The predicted octanol–water partition coefficient (Wildman–Crippen LogP) is 4.98. The fourth-order valence-electron chi connectivity index (χ4n) is 3.19. The van der Waals surface area contributed by atoms with Crippen molar-refractivity contribution in [2.75, 3.05) is 0 Å². The maximum atomic E-state index is 13.4. The Balaban J connectivity index is 1.58. The van der Waals surface area contributed by atoms with E-state index in [-0.39, 0.29) is 17.1 Å². The number of aromatic hydroxyl groups is 1. The molecule has 0 aliphatic heterocycles. The lowest BCUT2D eigenvalue weighted by Crippen LogP contribution is -1.98. The van der Waals surface area contributed by atoms with Crippen molar-refractivity contribution in [2.24, 2.45) is 4.99 Å². The summed E-state index contributed by atoms with van der Waals surface area (Å²) in [6, 6.07) is 18.5. The Morgan fingerprint density at radius 1 is 1.07 bits per heavy atom. The second-order valence-corrected chi connectivity index (χ2v) is 6.66. The van der Waals surface area contributed by atoms with E-state index >= 15 is 0 Å². The monoisotopic (exact) mass is 388 g/mol. The Morgan fingerprint density at radius 2 is 1.93 bits per heavy atom. The fraction of sp³-hybridized carbons (Fsp3) is 0.0435. The summed E-state index contributed by atoms with van der Waals surface area (Å²) in [5, 5.41) is 19.7. The van der Waals surface area contributed by atoms with E-state index in [0.717, 1.165) is 22.0 Å². The molecular formula is C23H17FN2O3. The molecule has 0 aliphatic rings. The van der Waals surface area contributed by atoms with E-state index in [0.29, 0.717) is 12.2 Å². The Kier molecular flexibility index (Phi) is 4.83. The van der Waals surface area contributed by atoms with Gasteiger partial charge in [-0.05, 0) is 59.7 Å². The molecule has 1 aromatic heterocycles. The number of halogens is 1. The molecule has 29 heavy (non-hydrogen) atoms. The first-order valence-corrected chi connectivity index (χ1v) is 8.93. The predicted molar refractivity (Wildman–Crippen MR) is 110 cm³/mol. The number of benzene rings is 3. The van der Waals surface area contributed by atoms with Gasteiger partial charge in [0.25, 0.3) is 0 Å². The second-order valence-electron chi connectivity index (χ2n) is 6.66. The van der Waals surface area contributed by atoms with E-state index < -0.39 is 5.97 Å². The van der Waals surface area contributed by atoms with Gasteiger partial charge >= 0.3 is 5.97 Å². The normalized spacial score (nSPS) is 11.3. The van der Waals surface area contributed by atoms with Gasteiger partial charge in [0.2, 0.25) is 0 Å². The number of rotatable bonds is 5. The van der Waals surface area contributed by atoms with Crippen LogP contribution >= 0.6 is 0 Å². The van der Waals surface area contributed by atoms with Gasteiger partial charge in [0.1, 0.15) is 17.1 Å². The van der Waals surface area contributed by atoms with Crippen LogP contribution in [-0.2, 0) is 6.54 Å². The van der Waals surface area contributed by atoms with Crippen LogP contribution in [0.25, 0.3) is 10.9 Å². The first-order chi connectivity index (χ1) is 14.0. The van der Waals surface area contributed by atoms with Crippen molar-refractivity contribution in [3.05, 3.63) is 95.4 Å². The molecule has 0 bridgehead atoms. The molecule has 0 atom stereocenters. The third-order valence-corrected chi connectivity index (χ3v) is 4.61. The third-order valence-electron chi connectivity index (χ3n) is 4.61. The summed E-state index contributed by atoms with van der Waals surface area (Å²) in [6.07, 6.45) is 3.59. The minimum Gasteiger partial charge on any atom is -0.507 e. The molecule has 4 aromatic rings. The van der Waals surface area contributed by atoms with Crippen molar-refractivity contribution < 1.29 is 19.4 Å². The maximum absolute atomic E-state index is 13.4. The number of carbonyl (C=O) groups is 1. The topological polar surface area (TPSA) is 74.8 Å². The average molecular weight is 388 g/mol. The number of hydrogen-bond acceptors (Lipinski definition) is 3. The minimum absolute atomic E-state index is 0.190. The van der Waals surface area contributed by atoms with Gasteiger partial charge in [-0.15, -0.1) is 0 Å². The van der Waals surface area contributed by atoms with Crippen LogP contribution in [0.15, 0.2) is 77.9 Å². The molecule has 3 aromatic carbocycles. The molecule has 144 valence electrons. The van der Waals surface area contributed by atoms with Crippen LogP contribution in [0.1, 0.15) is 21.5 Å². The number of aromatic nitrogens is 1. The molecule has 0 saturated carbocycles. The number of carboxylic acids is 1. The highest BCUT2D eigenvalue weighted by molar-refractivity contribution is 5.93. The zero-order chi connectivity index (χ0) is 20.4. The largest absolute Gasteiger partial charge is 0.507 e. The van der Waals surface area contributed by atoms with Crippen LogP contribution in [0.2, 0.25) is 0 Å². The summed E-state index contributed by atoms with van der Waals surface area (Å²) in [5.74, 6) is -1.75. The number of fused-ring (bicyclic) bond motifs is 1. The summed E-state index contributed by atoms with van der Waals surface area (Å²) in [6.45, 7) is 0.570. The summed E-state index contributed by atoms with van der Waals surface area (Å²) in [7, 11) is 0. The molecule has 1 heterocycles. The number of carboxylic acid groups (broad SMARTS) is 1. The highest BCUT2D eigenvalue weighted by Gasteiger charge is 2.09. The number of nitrogens with zero attached hydrogens (tertiary/aromatic N) is 2. The highest BCUT2D eigenvalue weighted by Crippen LogP contribution is 2.24. The Bertz CT molecular complexity index is 1240. The molecule has 0 spiro atoms. The van der Waals surface area contributed by atoms with Crippen LogP contribution < -0.4 is 0 Å². The van der Waals surface area contributed by atoms with Gasteiger partial charge in [-0.2, -0.15) is 0 Å². The first kappa shape index (κ1) is 18.4. The summed E-state index contributed by atoms with van der Waals surface area (Å²) >= 11 is 0. The van der Waals surface area contributed by atoms with Crippen molar-refractivity contribution in [3.8, 4) is 5.75 Å². The van der Waals surface area contributed by atoms with E-state index in [1.54, 1.807) is 18.3 Å². The molecule has 6 heteroatoms. The number of aliphatic imine (C=N–C) groups is 1. The standard InChI is InChI=1S/C23H17FN2O3/c24-18-3-1-2-16(11-18)14-26-9-8-17-10-15(4-6-21(17)26)13-25-19-5-7-22(27)20(12-19)23(28)29/h1-13,27H,14H2,(H,28,29). The van der Waals surface area contributed by atoms with Gasteiger partial charge in [-0.25, -0.2) is 9.18 Å². The highest BCUT2D eigenvalue weighted by atomic mass is 19.1. The van der Waals surface area contributed by atoms with Gasteiger partial charge in [0.15, 0.2) is 0 Å². The van der Waals surface area contributed by atoms with E-state index in [2.05, 4.69) is 4.99 Å². The molecule has 0 saturated heterocycles. The average Bonchev–Trinajstić information content (AvgIpc) is 3.09. The van der Waals surface area contributed by atoms with Crippen LogP contribution in [0.5, 0.6) is 5.75 Å². The van der Waals surface area contributed by atoms with Crippen molar-refractivity contribution in [2.45, 2.75) is 6.54 Å². The molecule has 2 N–H and O–H groups in total.